The number of hydrogen-bond donors (Lipinski definition) is 2. The van der Waals surface area contributed by atoms with Gasteiger partial charge in [-0.1, -0.05) is 58.5 Å². The Morgan fingerprint density at radius 3 is 1.38 bits per heavy atom. The molecule has 2 N–H and O–H groups in total. The fourth-order valence-electron chi connectivity index (χ4n) is 2.29. The summed E-state index contributed by atoms with van der Waals surface area (Å²) < 4.78 is 0. The van der Waals surface area contributed by atoms with Crippen LogP contribution in [0.1, 0.15) is 17.5 Å². The van der Waals surface area contributed by atoms with Crippen LogP contribution < -0.4 is 10.6 Å². The number of carbonyl (C=O) groups is 2. The van der Waals surface area contributed by atoms with Crippen molar-refractivity contribution in [1.82, 2.24) is 10.6 Å². The first-order chi connectivity index (χ1) is 13.9. The average molecular weight is 472 g/mol. The van der Waals surface area contributed by atoms with Crippen LogP contribution in [-0.4, -0.2) is 24.9 Å². The van der Waals surface area contributed by atoms with Crippen molar-refractivity contribution in [1.29, 1.82) is 0 Å². The first-order valence-corrected chi connectivity index (χ1v) is 10.2. The molecule has 0 heterocycles. The van der Waals surface area contributed by atoms with Gasteiger partial charge < -0.3 is 10.6 Å². The zero-order valence-corrected chi connectivity index (χ0v) is 18.2. The Kier molecular flexibility index (Phi) is 9.55. The van der Waals surface area contributed by atoms with E-state index >= 15 is 0 Å². The maximum Gasteiger partial charge on any atom is 0.244 e. The van der Waals surface area contributed by atoms with Gasteiger partial charge in [0, 0.05) is 56.5 Å². The first-order valence-electron chi connectivity index (χ1n) is 8.68. The number of carbonyl (C=O) groups excluding carboxylic acids is 2. The number of rotatable bonds is 8. The molecule has 2 aromatic rings. The highest BCUT2D eigenvalue weighted by Crippen LogP contribution is 2.26. The summed E-state index contributed by atoms with van der Waals surface area (Å²) in [6.07, 6.45) is 6.42. The molecule has 0 spiro atoms. The molecule has 0 atom stereocenters. The summed E-state index contributed by atoms with van der Waals surface area (Å²) in [4.78, 5) is 23.7. The third-order valence-electron chi connectivity index (χ3n) is 3.75. The summed E-state index contributed by atoms with van der Waals surface area (Å²) in [6.45, 7) is 0.805. The van der Waals surface area contributed by atoms with E-state index in [1.54, 1.807) is 48.6 Å². The summed E-state index contributed by atoms with van der Waals surface area (Å²) >= 11 is 24.2. The van der Waals surface area contributed by atoms with Crippen molar-refractivity contribution in [2.45, 2.75) is 6.42 Å². The van der Waals surface area contributed by atoms with E-state index in [-0.39, 0.29) is 11.8 Å². The van der Waals surface area contributed by atoms with E-state index in [1.165, 1.54) is 12.2 Å². The second-order valence-corrected chi connectivity index (χ2v) is 7.50. The molecule has 0 fully saturated rings. The predicted octanol–water partition coefficient (Wildman–Crippen LogP) is 5.65. The highest BCUT2D eigenvalue weighted by molar-refractivity contribution is 6.37. The van der Waals surface area contributed by atoms with Crippen molar-refractivity contribution < 1.29 is 9.59 Å². The molecule has 2 aromatic carbocycles. The maximum absolute atomic E-state index is 11.9. The minimum absolute atomic E-state index is 0.277. The lowest BCUT2D eigenvalue weighted by atomic mass is 10.2. The van der Waals surface area contributed by atoms with E-state index in [0.717, 1.165) is 0 Å². The lowest BCUT2D eigenvalue weighted by molar-refractivity contribution is -0.116. The molecule has 8 heteroatoms. The number of nitrogens with one attached hydrogen (secondary N) is 2. The highest BCUT2D eigenvalue weighted by Gasteiger charge is 2.04. The van der Waals surface area contributed by atoms with E-state index in [2.05, 4.69) is 10.6 Å². The predicted molar refractivity (Wildman–Crippen MR) is 122 cm³/mol. The molecule has 29 heavy (non-hydrogen) atoms. The molecule has 0 aliphatic rings. The number of halogens is 4. The first kappa shape index (κ1) is 23.3. The molecular formula is C21H18Cl4N2O2. The van der Waals surface area contributed by atoms with Crippen molar-refractivity contribution in [3.8, 4) is 0 Å². The Labute approximate surface area is 189 Å². The number of hydrogen-bond acceptors (Lipinski definition) is 2. The fraction of sp³-hybridized carbons (Fsp3) is 0.143. The molecule has 4 nitrogen and oxygen atoms in total. The second kappa shape index (κ2) is 11.9. The van der Waals surface area contributed by atoms with Crippen LogP contribution in [0.4, 0.5) is 0 Å². The molecule has 0 bridgehead atoms. The van der Waals surface area contributed by atoms with Gasteiger partial charge in [-0.15, -0.1) is 0 Å². The van der Waals surface area contributed by atoms with E-state index < -0.39 is 0 Å². The molecule has 0 radical (unpaired) electrons. The van der Waals surface area contributed by atoms with Gasteiger partial charge in [-0.05, 0) is 42.8 Å². The molecule has 2 rings (SSSR count). The molecule has 152 valence electrons. The third kappa shape index (κ3) is 7.75. The summed E-state index contributed by atoms with van der Waals surface area (Å²) in [7, 11) is 0. The van der Waals surface area contributed by atoms with Crippen LogP contribution >= 0.6 is 46.4 Å². The van der Waals surface area contributed by atoms with Crippen molar-refractivity contribution in [3.63, 3.8) is 0 Å². The minimum Gasteiger partial charge on any atom is -0.352 e. The summed E-state index contributed by atoms with van der Waals surface area (Å²) in [5, 5.41) is 7.32. The molecule has 0 saturated carbocycles. The van der Waals surface area contributed by atoms with Crippen molar-refractivity contribution >= 4 is 70.4 Å². The fourth-order valence-corrected chi connectivity index (χ4v) is 3.33. The SMILES string of the molecule is O=C(C=Cc1c(Cl)cccc1Cl)NCCCNC(=O)C=Cc1c(Cl)cccc1Cl. The summed E-state index contributed by atoms with van der Waals surface area (Å²) in [6, 6.07) is 10.2. The van der Waals surface area contributed by atoms with Gasteiger partial charge in [0.25, 0.3) is 0 Å². The van der Waals surface area contributed by atoms with Crippen LogP contribution in [0.5, 0.6) is 0 Å². The van der Waals surface area contributed by atoms with Gasteiger partial charge in [0.1, 0.15) is 0 Å². The largest absolute Gasteiger partial charge is 0.352 e. The highest BCUT2D eigenvalue weighted by atomic mass is 35.5. The molecule has 0 unspecified atom stereocenters. The van der Waals surface area contributed by atoms with Crippen LogP contribution in [0, 0.1) is 0 Å². The van der Waals surface area contributed by atoms with Crippen LogP contribution in [0.3, 0.4) is 0 Å². The Hall–Kier alpha value is -1.98. The van der Waals surface area contributed by atoms with Crippen LogP contribution in [0.25, 0.3) is 12.2 Å². The zero-order valence-electron chi connectivity index (χ0n) is 15.2. The van der Waals surface area contributed by atoms with Gasteiger partial charge in [-0.3, -0.25) is 9.59 Å². The Morgan fingerprint density at radius 1 is 0.690 bits per heavy atom. The molecule has 0 saturated heterocycles. The smallest absolute Gasteiger partial charge is 0.244 e. The van der Waals surface area contributed by atoms with Crippen LogP contribution in [-0.2, 0) is 9.59 Å². The van der Waals surface area contributed by atoms with Crippen molar-refractivity contribution in [2.24, 2.45) is 0 Å². The summed E-state index contributed by atoms with van der Waals surface area (Å²) in [5.74, 6) is -0.554. The lowest BCUT2D eigenvalue weighted by Crippen LogP contribution is -2.28. The van der Waals surface area contributed by atoms with Gasteiger partial charge >= 0.3 is 0 Å². The quantitative estimate of drug-likeness (QED) is 0.386. The van der Waals surface area contributed by atoms with Gasteiger partial charge in [0.15, 0.2) is 0 Å². The standard InChI is InChI=1S/C21H18Cl4N2O2/c22-16-4-1-5-17(23)14(16)8-10-20(28)26-12-3-13-27-21(29)11-9-15-18(24)6-2-7-19(15)25/h1-2,4-11H,3,12-13H2,(H,26,28)(H,27,29). The lowest BCUT2D eigenvalue weighted by Gasteiger charge is -2.04. The number of benzene rings is 2. The molecule has 0 aliphatic carbocycles. The van der Waals surface area contributed by atoms with Crippen LogP contribution in [0.2, 0.25) is 20.1 Å². The second-order valence-electron chi connectivity index (χ2n) is 5.87. The molecule has 0 aromatic heterocycles. The topological polar surface area (TPSA) is 58.2 Å². The Bertz CT molecular complexity index is 826. The number of amides is 2. The third-order valence-corrected chi connectivity index (χ3v) is 5.07. The zero-order chi connectivity index (χ0) is 21.2. The Morgan fingerprint density at radius 2 is 1.03 bits per heavy atom. The van der Waals surface area contributed by atoms with Gasteiger partial charge in [0.05, 0.1) is 0 Å². The molecule has 0 aliphatic heterocycles. The van der Waals surface area contributed by atoms with Crippen molar-refractivity contribution in [2.75, 3.05) is 13.1 Å². The monoisotopic (exact) mass is 470 g/mol. The normalized spacial score (nSPS) is 11.2. The van der Waals surface area contributed by atoms with E-state index in [4.69, 9.17) is 46.4 Å². The van der Waals surface area contributed by atoms with Crippen LogP contribution in [0.15, 0.2) is 48.6 Å². The van der Waals surface area contributed by atoms with E-state index in [9.17, 15) is 9.59 Å². The van der Waals surface area contributed by atoms with E-state index in [1.807, 2.05) is 0 Å². The van der Waals surface area contributed by atoms with Gasteiger partial charge in [0.2, 0.25) is 11.8 Å². The Balaban J connectivity index is 1.70. The average Bonchev–Trinajstić information content (AvgIpc) is 2.67. The molecule has 2 amide bonds. The minimum atomic E-state index is -0.277. The van der Waals surface area contributed by atoms with Gasteiger partial charge in [-0.25, -0.2) is 0 Å². The van der Waals surface area contributed by atoms with Crippen molar-refractivity contribution in [3.05, 3.63) is 79.8 Å². The van der Waals surface area contributed by atoms with Gasteiger partial charge in [-0.2, -0.15) is 0 Å². The maximum atomic E-state index is 11.9. The van der Waals surface area contributed by atoms with E-state index in [0.29, 0.717) is 50.7 Å². The summed E-state index contributed by atoms with van der Waals surface area (Å²) in [5.41, 5.74) is 1.17. The molecular weight excluding hydrogens is 454 g/mol.